The lowest BCUT2D eigenvalue weighted by Crippen LogP contribution is -2.18. The van der Waals surface area contributed by atoms with E-state index < -0.39 is 5.97 Å². The van der Waals surface area contributed by atoms with Gasteiger partial charge in [0, 0.05) is 12.0 Å². The summed E-state index contributed by atoms with van der Waals surface area (Å²) in [5, 5.41) is 3.98. The highest BCUT2D eigenvalue weighted by Gasteiger charge is 2.10. The van der Waals surface area contributed by atoms with Gasteiger partial charge < -0.3 is 4.74 Å². The molecule has 0 unspecified atom stereocenters. The second-order valence-electron chi connectivity index (χ2n) is 6.07. The highest BCUT2D eigenvalue weighted by Crippen LogP contribution is 2.17. The summed E-state index contributed by atoms with van der Waals surface area (Å²) in [4.78, 5) is 24.2. The number of esters is 1. The Kier molecular flexibility index (Phi) is 6.68. The molecule has 5 heteroatoms. The van der Waals surface area contributed by atoms with E-state index in [0.29, 0.717) is 29.7 Å². The smallest absolute Gasteiger partial charge is 0.343 e. The number of benzene rings is 3. The average molecular weight is 372 g/mol. The predicted octanol–water partition coefficient (Wildman–Crippen LogP) is 3.99. The highest BCUT2D eigenvalue weighted by atomic mass is 16.5. The maximum absolute atomic E-state index is 12.2. The van der Waals surface area contributed by atoms with Gasteiger partial charge in [-0.3, -0.25) is 4.79 Å². The number of aryl methyl sites for hydroxylation is 1. The number of carbonyl (C=O) groups excluding carboxylic acids is 2. The Balaban J connectivity index is 1.56. The molecule has 3 rings (SSSR count). The Bertz CT molecular complexity index is 954. The number of hydrogen-bond acceptors (Lipinski definition) is 4. The fourth-order valence-electron chi connectivity index (χ4n) is 2.55. The molecule has 0 saturated heterocycles. The molecule has 0 aliphatic heterocycles. The first-order valence-corrected chi connectivity index (χ1v) is 8.94. The summed E-state index contributed by atoms with van der Waals surface area (Å²) in [6.07, 6.45) is 2.45. The van der Waals surface area contributed by atoms with Gasteiger partial charge in [0.05, 0.1) is 11.8 Å². The van der Waals surface area contributed by atoms with Gasteiger partial charge in [0.25, 0.3) is 0 Å². The van der Waals surface area contributed by atoms with E-state index in [1.807, 2.05) is 36.4 Å². The molecule has 0 atom stereocenters. The quantitative estimate of drug-likeness (QED) is 0.295. The third-order valence-corrected chi connectivity index (χ3v) is 4.01. The summed E-state index contributed by atoms with van der Waals surface area (Å²) in [6, 6.07) is 25.5. The number of amides is 1. The minimum absolute atomic E-state index is 0.182. The van der Waals surface area contributed by atoms with Gasteiger partial charge in [-0.15, -0.1) is 0 Å². The van der Waals surface area contributed by atoms with Crippen LogP contribution in [-0.2, 0) is 11.2 Å². The van der Waals surface area contributed by atoms with E-state index in [1.165, 1.54) is 6.21 Å². The number of rotatable bonds is 7. The minimum Gasteiger partial charge on any atom is -0.422 e. The van der Waals surface area contributed by atoms with Gasteiger partial charge in [0.2, 0.25) is 5.91 Å². The van der Waals surface area contributed by atoms with Crippen LogP contribution in [0.25, 0.3) is 0 Å². The first kappa shape index (κ1) is 19.0. The number of nitrogens with zero attached hydrogens (tertiary/aromatic N) is 1. The molecule has 5 nitrogen and oxygen atoms in total. The first-order chi connectivity index (χ1) is 13.7. The van der Waals surface area contributed by atoms with Crippen molar-refractivity contribution in [1.29, 1.82) is 0 Å². The molecule has 0 saturated carbocycles. The van der Waals surface area contributed by atoms with Crippen LogP contribution in [0.5, 0.6) is 5.75 Å². The van der Waals surface area contributed by atoms with Crippen molar-refractivity contribution in [2.24, 2.45) is 5.10 Å². The number of ether oxygens (including phenoxy) is 1. The van der Waals surface area contributed by atoms with Crippen LogP contribution in [0.15, 0.2) is 90.0 Å². The van der Waals surface area contributed by atoms with Gasteiger partial charge in [-0.1, -0.05) is 60.7 Å². The fourth-order valence-corrected chi connectivity index (χ4v) is 2.55. The molecule has 0 bridgehead atoms. The van der Waals surface area contributed by atoms with Crippen molar-refractivity contribution in [2.75, 3.05) is 0 Å². The molecule has 140 valence electrons. The second-order valence-corrected chi connectivity index (χ2v) is 6.07. The van der Waals surface area contributed by atoms with Crippen molar-refractivity contribution >= 4 is 18.1 Å². The van der Waals surface area contributed by atoms with Crippen molar-refractivity contribution in [2.45, 2.75) is 12.8 Å². The molecule has 0 aromatic heterocycles. The topological polar surface area (TPSA) is 67.8 Å². The summed E-state index contributed by atoms with van der Waals surface area (Å²) in [6.45, 7) is 0. The normalized spacial score (nSPS) is 10.6. The van der Waals surface area contributed by atoms with Crippen molar-refractivity contribution in [1.82, 2.24) is 5.43 Å². The number of para-hydroxylation sites is 1. The van der Waals surface area contributed by atoms with Crippen LogP contribution in [0.1, 0.15) is 27.9 Å². The van der Waals surface area contributed by atoms with E-state index >= 15 is 0 Å². The van der Waals surface area contributed by atoms with Gasteiger partial charge >= 0.3 is 5.97 Å². The number of hydrazone groups is 1. The van der Waals surface area contributed by atoms with Crippen LogP contribution in [0.4, 0.5) is 0 Å². The zero-order valence-corrected chi connectivity index (χ0v) is 15.2. The first-order valence-electron chi connectivity index (χ1n) is 8.94. The maximum atomic E-state index is 12.2. The molecule has 28 heavy (non-hydrogen) atoms. The Hall–Kier alpha value is -3.73. The molecule has 0 spiro atoms. The Labute approximate surface area is 163 Å². The van der Waals surface area contributed by atoms with Crippen LogP contribution >= 0.6 is 0 Å². The summed E-state index contributed by atoms with van der Waals surface area (Å²) in [5.74, 6) is -0.258. The maximum Gasteiger partial charge on any atom is 0.343 e. The molecule has 0 radical (unpaired) electrons. The zero-order chi connectivity index (χ0) is 19.6. The van der Waals surface area contributed by atoms with E-state index in [4.69, 9.17) is 4.74 Å². The SMILES string of the molecule is O=C(CCc1ccccc1)N/N=C\c1ccccc1OC(=O)c1ccccc1. The van der Waals surface area contributed by atoms with E-state index in [2.05, 4.69) is 10.5 Å². The van der Waals surface area contributed by atoms with E-state index in [1.54, 1.807) is 48.5 Å². The van der Waals surface area contributed by atoms with Crippen molar-refractivity contribution in [3.05, 3.63) is 102 Å². The molecule has 0 fully saturated rings. The molecule has 1 amide bonds. The van der Waals surface area contributed by atoms with Gasteiger partial charge in [0.15, 0.2) is 0 Å². The fraction of sp³-hybridized carbons (Fsp3) is 0.0870. The average Bonchev–Trinajstić information content (AvgIpc) is 2.75. The highest BCUT2D eigenvalue weighted by molar-refractivity contribution is 5.93. The largest absolute Gasteiger partial charge is 0.422 e. The zero-order valence-electron chi connectivity index (χ0n) is 15.2. The summed E-state index contributed by atoms with van der Waals surface area (Å²) in [7, 11) is 0. The Morgan fingerprint density at radius 2 is 1.50 bits per heavy atom. The lowest BCUT2D eigenvalue weighted by atomic mass is 10.1. The van der Waals surface area contributed by atoms with Crippen LogP contribution < -0.4 is 10.2 Å². The summed E-state index contributed by atoms with van der Waals surface area (Å²) in [5.41, 5.74) is 4.65. The van der Waals surface area contributed by atoms with E-state index in [0.717, 1.165) is 5.56 Å². The van der Waals surface area contributed by atoms with Gasteiger partial charge in [-0.2, -0.15) is 5.10 Å². The minimum atomic E-state index is -0.451. The molecule has 3 aromatic rings. The second kappa shape index (κ2) is 9.83. The van der Waals surface area contributed by atoms with Crippen LogP contribution in [-0.4, -0.2) is 18.1 Å². The molecule has 0 heterocycles. The standard InChI is InChI=1S/C23H20N2O3/c26-22(16-15-18-9-3-1-4-10-18)25-24-17-20-13-7-8-14-21(20)28-23(27)19-11-5-2-6-12-19/h1-14,17H,15-16H2,(H,25,26)/b24-17-. The van der Waals surface area contributed by atoms with Crippen molar-refractivity contribution in [3.63, 3.8) is 0 Å². The van der Waals surface area contributed by atoms with Crippen molar-refractivity contribution in [3.8, 4) is 5.75 Å². The molecule has 0 aliphatic rings. The Morgan fingerprint density at radius 3 is 2.25 bits per heavy atom. The van der Waals surface area contributed by atoms with Gasteiger partial charge in [-0.05, 0) is 36.2 Å². The predicted molar refractivity (Wildman–Crippen MR) is 108 cm³/mol. The molecular weight excluding hydrogens is 352 g/mol. The molecule has 3 aromatic carbocycles. The summed E-state index contributed by atoms with van der Waals surface area (Å²) >= 11 is 0. The monoisotopic (exact) mass is 372 g/mol. The van der Waals surface area contributed by atoms with Crippen LogP contribution in [0.2, 0.25) is 0 Å². The van der Waals surface area contributed by atoms with Crippen LogP contribution in [0.3, 0.4) is 0 Å². The van der Waals surface area contributed by atoms with Gasteiger partial charge in [-0.25, -0.2) is 10.2 Å². The van der Waals surface area contributed by atoms with Crippen LogP contribution in [0, 0.1) is 0 Å². The lowest BCUT2D eigenvalue weighted by Gasteiger charge is -2.07. The lowest BCUT2D eigenvalue weighted by molar-refractivity contribution is -0.121. The number of nitrogens with one attached hydrogen (secondary N) is 1. The Morgan fingerprint density at radius 1 is 0.857 bits per heavy atom. The summed E-state index contributed by atoms with van der Waals surface area (Å²) < 4.78 is 5.45. The number of carbonyl (C=O) groups is 2. The third-order valence-electron chi connectivity index (χ3n) is 4.01. The van der Waals surface area contributed by atoms with Gasteiger partial charge in [0.1, 0.15) is 5.75 Å². The number of hydrogen-bond donors (Lipinski definition) is 1. The molecule has 0 aliphatic carbocycles. The van der Waals surface area contributed by atoms with E-state index in [-0.39, 0.29) is 5.91 Å². The molecular formula is C23H20N2O3. The van der Waals surface area contributed by atoms with Crippen molar-refractivity contribution < 1.29 is 14.3 Å². The third kappa shape index (κ3) is 5.64. The molecule has 1 N–H and O–H groups in total. The van der Waals surface area contributed by atoms with E-state index in [9.17, 15) is 9.59 Å².